The summed E-state index contributed by atoms with van der Waals surface area (Å²) in [5.41, 5.74) is 0.0917. The van der Waals surface area contributed by atoms with Gasteiger partial charge in [0.25, 0.3) is 0 Å². The van der Waals surface area contributed by atoms with E-state index in [-0.39, 0.29) is 29.8 Å². The predicted octanol–water partition coefficient (Wildman–Crippen LogP) is 1.07. The number of ether oxygens (including phenoxy) is 1. The topological polar surface area (TPSA) is 108 Å². The van der Waals surface area contributed by atoms with Crippen molar-refractivity contribution in [3.05, 3.63) is 28.8 Å². The van der Waals surface area contributed by atoms with Gasteiger partial charge in [0.1, 0.15) is 11.6 Å². The van der Waals surface area contributed by atoms with Gasteiger partial charge in [-0.2, -0.15) is 0 Å². The Bertz CT molecular complexity index is 894. The van der Waals surface area contributed by atoms with Crippen LogP contribution >= 0.6 is 27.5 Å². The number of aryl methyl sites for hydroxylation is 1. The van der Waals surface area contributed by atoms with Crippen LogP contribution in [0.1, 0.15) is 12.0 Å². The number of aliphatic hydroxyl groups excluding tert-OH is 1. The van der Waals surface area contributed by atoms with Gasteiger partial charge in [-0.1, -0.05) is 39.7 Å². The van der Waals surface area contributed by atoms with Crippen LogP contribution in [0.25, 0.3) is 0 Å². The molecule has 8 nitrogen and oxygen atoms in total. The molecular formula is C20H23BrClN3O5. The van der Waals surface area contributed by atoms with Gasteiger partial charge < -0.3 is 25.4 Å². The summed E-state index contributed by atoms with van der Waals surface area (Å²) in [6.45, 7) is 1.48. The number of alkyl halides is 1. The largest absolute Gasteiger partial charge is 0.395 e. The first-order chi connectivity index (χ1) is 14.3. The van der Waals surface area contributed by atoms with Gasteiger partial charge in [0.2, 0.25) is 17.7 Å². The molecule has 3 heterocycles. The molecule has 3 unspecified atom stereocenters. The number of anilines is 1. The Hall–Kier alpha value is -1.68. The summed E-state index contributed by atoms with van der Waals surface area (Å²) >= 11 is 9.85. The van der Waals surface area contributed by atoms with Gasteiger partial charge in [-0.25, -0.2) is 0 Å². The third-order valence-electron chi connectivity index (χ3n) is 6.40. The fourth-order valence-corrected chi connectivity index (χ4v) is 6.44. The van der Waals surface area contributed by atoms with Gasteiger partial charge in [-0.3, -0.25) is 14.4 Å². The Labute approximate surface area is 187 Å². The maximum absolute atomic E-state index is 13.5. The van der Waals surface area contributed by atoms with Crippen LogP contribution in [0.2, 0.25) is 5.02 Å². The van der Waals surface area contributed by atoms with Crippen LogP contribution in [-0.2, 0) is 19.1 Å². The smallest absolute Gasteiger partial charge is 0.250 e. The van der Waals surface area contributed by atoms with Crippen LogP contribution < -0.4 is 10.6 Å². The average molecular weight is 501 g/mol. The van der Waals surface area contributed by atoms with Crippen molar-refractivity contribution in [3.8, 4) is 0 Å². The number of carbonyl (C=O) groups excluding carboxylic acids is 3. The predicted molar refractivity (Wildman–Crippen MR) is 113 cm³/mol. The van der Waals surface area contributed by atoms with Crippen molar-refractivity contribution in [2.75, 3.05) is 25.5 Å². The van der Waals surface area contributed by atoms with Crippen molar-refractivity contribution in [2.24, 2.45) is 11.8 Å². The third-order valence-corrected chi connectivity index (χ3v) is 7.56. The first-order valence-electron chi connectivity index (χ1n) is 9.77. The zero-order chi connectivity index (χ0) is 21.8. The molecule has 1 spiro atoms. The molecule has 1 aromatic rings. The van der Waals surface area contributed by atoms with Gasteiger partial charge >= 0.3 is 0 Å². The number of benzene rings is 1. The summed E-state index contributed by atoms with van der Waals surface area (Å²) in [4.78, 5) is 40.6. The second-order valence-corrected chi connectivity index (χ2v) is 9.54. The third kappa shape index (κ3) is 2.97. The van der Waals surface area contributed by atoms with Crippen LogP contribution in [0.4, 0.5) is 5.69 Å². The van der Waals surface area contributed by atoms with Gasteiger partial charge in [-0.15, -0.1) is 0 Å². The molecule has 2 bridgehead atoms. The molecule has 0 aliphatic carbocycles. The number of amides is 3. The van der Waals surface area contributed by atoms with Crippen LogP contribution in [0.3, 0.4) is 0 Å². The zero-order valence-electron chi connectivity index (χ0n) is 16.5. The Morgan fingerprint density at radius 1 is 1.40 bits per heavy atom. The molecule has 3 fully saturated rings. The quantitative estimate of drug-likeness (QED) is 0.524. The Morgan fingerprint density at radius 3 is 2.77 bits per heavy atom. The lowest BCUT2D eigenvalue weighted by atomic mass is 9.70. The monoisotopic (exact) mass is 499 g/mol. The van der Waals surface area contributed by atoms with Crippen LogP contribution in [-0.4, -0.2) is 70.5 Å². The molecule has 3 aliphatic rings. The van der Waals surface area contributed by atoms with Crippen molar-refractivity contribution >= 4 is 50.9 Å². The maximum atomic E-state index is 13.5. The van der Waals surface area contributed by atoms with E-state index in [1.54, 1.807) is 12.1 Å². The number of nitrogens with one attached hydrogen (secondary N) is 2. The molecule has 0 aromatic heterocycles. The first kappa shape index (κ1) is 21.5. The number of hydrogen-bond acceptors (Lipinski definition) is 5. The second kappa shape index (κ2) is 7.78. The molecule has 0 saturated carbocycles. The summed E-state index contributed by atoms with van der Waals surface area (Å²) in [7, 11) is 1.51. The minimum Gasteiger partial charge on any atom is -0.395 e. The summed E-state index contributed by atoms with van der Waals surface area (Å²) in [6.07, 6.45) is -0.101. The van der Waals surface area contributed by atoms with E-state index in [4.69, 9.17) is 16.3 Å². The molecule has 3 N–H and O–H groups in total. The van der Waals surface area contributed by atoms with E-state index in [0.717, 1.165) is 5.56 Å². The number of β-amino-alcohol motifs (C(OH)–C–C–N with tert-alkyl or cyclic N) is 1. The van der Waals surface area contributed by atoms with Crippen molar-refractivity contribution in [1.29, 1.82) is 0 Å². The first-order valence-corrected chi connectivity index (χ1v) is 11.1. The Kier molecular flexibility index (Phi) is 5.59. The summed E-state index contributed by atoms with van der Waals surface area (Å²) in [5.74, 6) is -2.59. The van der Waals surface area contributed by atoms with E-state index >= 15 is 0 Å². The maximum Gasteiger partial charge on any atom is 0.250 e. The normalized spacial score (nSPS) is 34.2. The standard InChI is InChI=1S/C20H23BrClN3O5/c1-9-4-3-5-11(22)14(9)24-18(28)16-20-8-10(21)15(30-20)12(17(27)23-2)13(20)19(29)25(16)6-7-26/h3-5,10,12-13,15-16,26H,6-8H2,1-2H3,(H,23,27)(H,24,28)/t10?,12-,13-,15-,16?,20?/m0/s1. The zero-order valence-corrected chi connectivity index (χ0v) is 18.9. The fraction of sp³-hybridized carbons (Fsp3) is 0.550. The number of aliphatic hydroxyl groups is 1. The molecule has 3 saturated heterocycles. The number of fused-ring (bicyclic) bond motifs is 1. The molecule has 3 aliphatic heterocycles. The highest BCUT2D eigenvalue weighted by Crippen LogP contribution is 2.60. The molecular weight excluding hydrogens is 478 g/mol. The summed E-state index contributed by atoms with van der Waals surface area (Å²) in [5, 5.41) is 15.4. The number of hydrogen-bond donors (Lipinski definition) is 3. The Balaban J connectivity index is 1.75. The lowest BCUT2D eigenvalue weighted by Gasteiger charge is -2.34. The molecule has 10 heteroatoms. The number of nitrogens with zero attached hydrogens (tertiary/aromatic N) is 1. The van der Waals surface area contributed by atoms with Gasteiger partial charge in [-0.05, 0) is 25.0 Å². The number of halogens is 2. The van der Waals surface area contributed by atoms with Gasteiger partial charge in [0, 0.05) is 18.4 Å². The van der Waals surface area contributed by atoms with Gasteiger partial charge in [0.15, 0.2) is 0 Å². The second-order valence-electron chi connectivity index (χ2n) is 7.95. The van der Waals surface area contributed by atoms with E-state index in [1.807, 2.05) is 13.0 Å². The average Bonchev–Trinajstić information content (AvgIpc) is 3.28. The molecule has 4 rings (SSSR count). The number of rotatable bonds is 5. The highest BCUT2D eigenvalue weighted by atomic mass is 79.9. The van der Waals surface area contributed by atoms with E-state index in [1.165, 1.54) is 11.9 Å². The number of para-hydroxylation sites is 1. The molecule has 30 heavy (non-hydrogen) atoms. The van der Waals surface area contributed by atoms with E-state index in [0.29, 0.717) is 17.1 Å². The highest BCUT2D eigenvalue weighted by molar-refractivity contribution is 9.09. The molecule has 0 radical (unpaired) electrons. The SMILES string of the molecule is CNC(=O)[C@H]1[C@H]2C(=O)N(CCO)C(C(=O)Nc3c(C)cccc3Cl)C23CC(Br)[C@@H]1O3. The van der Waals surface area contributed by atoms with E-state index < -0.39 is 35.5 Å². The highest BCUT2D eigenvalue weighted by Gasteiger charge is 2.76. The Morgan fingerprint density at radius 2 is 2.13 bits per heavy atom. The molecule has 162 valence electrons. The molecule has 1 aromatic carbocycles. The van der Waals surface area contributed by atoms with Crippen LogP contribution in [0.5, 0.6) is 0 Å². The van der Waals surface area contributed by atoms with Gasteiger partial charge in [0.05, 0.1) is 35.3 Å². The van der Waals surface area contributed by atoms with Crippen molar-refractivity contribution in [3.63, 3.8) is 0 Å². The van der Waals surface area contributed by atoms with E-state index in [2.05, 4.69) is 26.6 Å². The lowest BCUT2D eigenvalue weighted by Crippen LogP contribution is -2.54. The van der Waals surface area contributed by atoms with Crippen molar-refractivity contribution in [1.82, 2.24) is 10.2 Å². The van der Waals surface area contributed by atoms with E-state index in [9.17, 15) is 19.5 Å². The van der Waals surface area contributed by atoms with Crippen molar-refractivity contribution < 1.29 is 24.2 Å². The summed E-state index contributed by atoms with van der Waals surface area (Å²) < 4.78 is 6.26. The minimum atomic E-state index is -1.15. The molecule has 3 amide bonds. The van der Waals surface area contributed by atoms with Crippen LogP contribution in [0.15, 0.2) is 18.2 Å². The summed E-state index contributed by atoms with van der Waals surface area (Å²) in [6, 6.07) is 4.29. The fourth-order valence-electron chi connectivity index (χ4n) is 5.23. The minimum absolute atomic E-state index is 0.0296. The van der Waals surface area contributed by atoms with Crippen LogP contribution in [0, 0.1) is 18.8 Å². The lowest BCUT2D eigenvalue weighted by molar-refractivity contribution is -0.141. The molecule has 6 atom stereocenters. The number of likely N-dealkylation sites (tertiary alicyclic amines) is 1. The van der Waals surface area contributed by atoms with Crippen molar-refractivity contribution in [2.45, 2.75) is 35.9 Å². The number of carbonyl (C=O) groups is 3.